The summed E-state index contributed by atoms with van der Waals surface area (Å²) >= 11 is 0. The van der Waals surface area contributed by atoms with E-state index in [0.29, 0.717) is 13.1 Å². The van der Waals surface area contributed by atoms with Crippen LogP contribution in [0.15, 0.2) is 0 Å². The predicted octanol–water partition coefficient (Wildman–Crippen LogP) is -1.77. The van der Waals surface area contributed by atoms with E-state index in [1.54, 1.807) is 0 Å². The Labute approximate surface area is 64.8 Å². The van der Waals surface area contributed by atoms with Gasteiger partial charge in [-0.1, -0.05) is 0 Å². The minimum atomic E-state index is -0.514. The lowest BCUT2D eigenvalue weighted by Crippen LogP contribution is -2.34. The normalized spacial score (nSPS) is 8.91. The lowest BCUT2D eigenvalue weighted by molar-refractivity contribution is -0.124. The van der Waals surface area contributed by atoms with Gasteiger partial charge in [-0.25, -0.2) is 0 Å². The highest BCUT2D eigenvalue weighted by atomic mass is 16.3. The molecule has 0 unspecified atom stereocenters. The fraction of sp³-hybridized carbons (Fsp3) is 0.667. The number of hydrogen-bond donors (Lipinski definition) is 3. The van der Waals surface area contributed by atoms with Crippen molar-refractivity contribution in [1.82, 2.24) is 10.6 Å². The number of carbonyl (C=O) groups is 2. The van der Waals surface area contributed by atoms with E-state index >= 15 is 0 Å². The van der Waals surface area contributed by atoms with Crippen LogP contribution in [0.2, 0.25) is 0 Å². The first kappa shape index (κ1) is 9.90. The summed E-state index contributed by atoms with van der Waals surface area (Å²) in [7, 11) is 0. The number of rotatable bonds is 4. The first-order valence-electron chi connectivity index (χ1n) is 3.29. The standard InChI is InChI=1S/C6H12N2O3/c1-5(10)7-2-3-8-6(11)4-9/h9H,2-4H2,1H3,(H,7,10)(H,8,11). The molecule has 0 radical (unpaired) electrons. The zero-order valence-corrected chi connectivity index (χ0v) is 6.39. The SMILES string of the molecule is CC(=O)NCCNC(=O)CO. The Morgan fingerprint density at radius 2 is 1.82 bits per heavy atom. The molecule has 0 aliphatic heterocycles. The highest BCUT2D eigenvalue weighted by Gasteiger charge is 1.95. The van der Waals surface area contributed by atoms with Crippen molar-refractivity contribution >= 4 is 11.8 Å². The summed E-state index contributed by atoms with van der Waals surface area (Å²) in [5.41, 5.74) is 0. The lowest BCUT2D eigenvalue weighted by atomic mass is 10.5. The van der Waals surface area contributed by atoms with E-state index in [-0.39, 0.29) is 5.91 Å². The molecule has 0 aliphatic rings. The Balaban J connectivity index is 3.14. The molecule has 0 bridgehead atoms. The van der Waals surface area contributed by atoms with Crippen molar-refractivity contribution in [3.05, 3.63) is 0 Å². The Morgan fingerprint density at radius 1 is 1.27 bits per heavy atom. The molecular weight excluding hydrogens is 148 g/mol. The highest BCUT2D eigenvalue weighted by Crippen LogP contribution is 1.63. The third-order valence-electron chi connectivity index (χ3n) is 0.965. The maximum atomic E-state index is 10.4. The van der Waals surface area contributed by atoms with Gasteiger partial charge in [0.1, 0.15) is 6.61 Å². The van der Waals surface area contributed by atoms with Gasteiger partial charge in [-0.05, 0) is 0 Å². The lowest BCUT2D eigenvalue weighted by Gasteiger charge is -2.02. The number of hydrogen-bond acceptors (Lipinski definition) is 3. The molecule has 3 N–H and O–H groups in total. The second-order valence-electron chi connectivity index (χ2n) is 1.99. The molecule has 0 rings (SSSR count). The summed E-state index contributed by atoms with van der Waals surface area (Å²) < 4.78 is 0. The second kappa shape index (κ2) is 5.67. The van der Waals surface area contributed by atoms with Gasteiger partial charge in [0.2, 0.25) is 11.8 Å². The molecule has 0 atom stereocenters. The molecule has 0 fully saturated rings. The van der Waals surface area contributed by atoms with E-state index < -0.39 is 12.5 Å². The second-order valence-corrected chi connectivity index (χ2v) is 1.99. The molecule has 2 amide bonds. The minimum absolute atomic E-state index is 0.136. The molecule has 0 aromatic rings. The van der Waals surface area contributed by atoms with E-state index in [1.807, 2.05) is 0 Å². The van der Waals surface area contributed by atoms with Gasteiger partial charge >= 0.3 is 0 Å². The van der Waals surface area contributed by atoms with E-state index in [0.717, 1.165) is 0 Å². The third kappa shape index (κ3) is 6.79. The molecule has 11 heavy (non-hydrogen) atoms. The fourth-order valence-electron chi connectivity index (χ4n) is 0.496. The number of carbonyl (C=O) groups excluding carboxylic acids is 2. The van der Waals surface area contributed by atoms with Crippen LogP contribution < -0.4 is 10.6 Å². The molecule has 64 valence electrons. The van der Waals surface area contributed by atoms with Crippen molar-refractivity contribution in [2.45, 2.75) is 6.92 Å². The maximum absolute atomic E-state index is 10.4. The largest absolute Gasteiger partial charge is 0.387 e. The van der Waals surface area contributed by atoms with E-state index in [2.05, 4.69) is 10.6 Å². The van der Waals surface area contributed by atoms with Crippen LogP contribution in [0.3, 0.4) is 0 Å². The minimum Gasteiger partial charge on any atom is -0.387 e. The average molecular weight is 160 g/mol. The van der Waals surface area contributed by atoms with Crippen LogP contribution in [0, 0.1) is 0 Å². The van der Waals surface area contributed by atoms with Crippen molar-refractivity contribution in [3.63, 3.8) is 0 Å². The number of nitrogens with one attached hydrogen (secondary N) is 2. The first-order chi connectivity index (χ1) is 5.16. The van der Waals surface area contributed by atoms with Crippen LogP contribution >= 0.6 is 0 Å². The van der Waals surface area contributed by atoms with E-state index in [9.17, 15) is 9.59 Å². The quantitative estimate of drug-likeness (QED) is 0.426. The number of aliphatic hydroxyl groups is 1. The Morgan fingerprint density at radius 3 is 2.27 bits per heavy atom. The van der Waals surface area contributed by atoms with Gasteiger partial charge in [-0.3, -0.25) is 9.59 Å². The average Bonchev–Trinajstić information content (AvgIpc) is 1.97. The third-order valence-corrected chi connectivity index (χ3v) is 0.965. The summed E-state index contributed by atoms with van der Waals surface area (Å²) in [5.74, 6) is -0.571. The Bertz CT molecular complexity index is 147. The summed E-state index contributed by atoms with van der Waals surface area (Å²) in [4.78, 5) is 20.7. The molecule has 0 saturated carbocycles. The van der Waals surface area contributed by atoms with Crippen LogP contribution in [-0.4, -0.2) is 36.6 Å². The maximum Gasteiger partial charge on any atom is 0.245 e. The first-order valence-corrected chi connectivity index (χ1v) is 3.29. The number of amides is 2. The summed E-state index contributed by atoms with van der Waals surface area (Å²) in [6.45, 7) is 1.62. The van der Waals surface area contributed by atoms with Gasteiger partial charge in [-0.15, -0.1) is 0 Å². The van der Waals surface area contributed by atoms with Gasteiger partial charge < -0.3 is 15.7 Å². The smallest absolute Gasteiger partial charge is 0.245 e. The van der Waals surface area contributed by atoms with Crippen molar-refractivity contribution in [3.8, 4) is 0 Å². The molecule has 5 heteroatoms. The van der Waals surface area contributed by atoms with Crippen LogP contribution in [-0.2, 0) is 9.59 Å². The molecule has 0 spiro atoms. The molecule has 0 aromatic carbocycles. The molecule has 0 aromatic heterocycles. The Kier molecular flexibility index (Phi) is 5.10. The molecule has 0 heterocycles. The van der Waals surface area contributed by atoms with Gasteiger partial charge in [0.05, 0.1) is 0 Å². The molecule has 0 saturated heterocycles. The van der Waals surface area contributed by atoms with Crippen molar-refractivity contribution in [2.24, 2.45) is 0 Å². The van der Waals surface area contributed by atoms with E-state index in [1.165, 1.54) is 6.92 Å². The highest BCUT2D eigenvalue weighted by molar-refractivity contribution is 5.77. The summed E-state index contributed by atoms with van der Waals surface area (Å²) in [6.07, 6.45) is 0. The van der Waals surface area contributed by atoms with Crippen molar-refractivity contribution < 1.29 is 14.7 Å². The summed E-state index contributed by atoms with van der Waals surface area (Å²) in [6, 6.07) is 0. The topological polar surface area (TPSA) is 78.4 Å². The van der Waals surface area contributed by atoms with Crippen LogP contribution in [0.5, 0.6) is 0 Å². The van der Waals surface area contributed by atoms with Crippen molar-refractivity contribution in [1.29, 1.82) is 0 Å². The number of aliphatic hydroxyl groups excluding tert-OH is 1. The van der Waals surface area contributed by atoms with Crippen LogP contribution in [0.4, 0.5) is 0 Å². The van der Waals surface area contributed by atoms with Gasteiger partial charge in [0.15, 0.2) is 0 Å². The molecule has 5 nitrogen and oxygen atoms in total. The molecule has 0 aliphatic carbocycles. The van der Waals surface area contributed by atoms with E-state index in [4.69, 9.17) is 5.11 Å². The van der Waals surface area contributed by atoms with Gasteiger partial charge in [-0.2, -0.15) is 0 Å². The Hall–Kier alpha value is -1.10. The molecular formula is C6H12N2O3. The van der Waals surface area contributed by atoms with Crippen LogP contribution in [0.1, 0.15) is 6.92 Å². The zero-order valence-electron chi connectivity index (χ0n) is 6.39. The van der Waals surface area contributed by atoms with Crippen LogP contribution in [0.25, 0.3) is 0 Å². The predicted molar refractivity (Wildman–Crippen MR) is 38.8 cm³/mol. The zero-order chi connectivity index (χ0) is 8.69. The van der Waals surface area contributed by atoms with Gasteiger partial charge in [0, 0.05) is 20.0 Å². The van der Waals surface area contributed by atoms with Gasteiger partial charge in [0.25, 0.3) is 0 Å². The fourth-order valence-corrected chi connectivity index (χ4v) is 0.496. The summed E-state index contributed by atoms with van der Waals surface area (Å²) in [5, 5.41) is 13.1. The monoisotopic (exact) mass is 160 g/mol. The van der Waals surface area contributed by atoms with Crippen molar-refractivity contribution in [2.75, 3.05) is 19.7 Å².